The molecule has 1 nitrogen and oxygen atoms in total. The molecule has 0 saturated heterocycles. The Morgan fingerprint density at radius 1 is 1.30 bits per heavy atom. The van der Waals surface area contributed by atoms with Crippen molar-refractivity contribution in [1.29, 1.82) is 0 Å². The highest BCUT2D eigenvalue weighted by molar-refractivity contribution is 5.39. The van der Waals surface area contributed by atoms with Crippen molar-refractivity contribution in [3.63, 3.8) is 0 Å². The van der Waals surface area contributed by atoms with Crippen LogP contribution in [0.3, 0.4) is 0 Å². The lowest BCUT2D eigenvalue weighted by atomic mass is 10.1. The second-order valence-corrected chi connectivity index (χ2v) is 2.15. The Bertz CT molecular complexity index is 228. The third-order valence-electron chi connectivity index (χ3n) is 1.34. The first-order chi connectivity index (χ1) is 4.74. The summed E-state index contributed by atoms with van der Waals surface area (Å²) >= 11 is 0. The van der Waals surface area contributed by atoms with E-state index in [0.29, 0.717) is 0 Å². The maximum absolute atomic E-state index is 5.01. The van der Waals surface area contributed by atoms with Crippen LogP contribution in [0, 0.1) is 13.8 Å². The van der Waals surface area contributed by atoms with E-state index in [9.17, 15) is 0 Å². The molecule has 1 heteroatoms. The zero-order chi connectivity index (χ0) is 7.56. The Morgan fingerprint density at radius 2 is 2.00 bits per heavy atom. The van der Waals surface area contributed by atoms with Gasteiger partial charge in [0.05, 0.1) is 7.11 Å². The zero-order valence-corrected chi connectivity index (χ0v) is 6.05. The minimum Gasteiger partial charge on any atom is -0.496 e. The Morgan fingerprint density at radius 3 is 2.50 bits per heavy atom. The number of ether oxygens (including phenoxy) is 1. The van der Waals surface area contributed by atoms with Crippen LogP contribution in [0.5, 0.6) is 5.75 Å². The van der Waals surface area contributed by atoms with Crippen molar-refractivity contribution in [1.82, 2.24) is 0 Å². The summed E-state index contributed by atoms with van der Waals surface area (Å²) in [5.41, 5.74) is 1.85. The summed E-state index contributed by atoms with van der Waals surface area (Å²) in [4.78, 5) is 0. The first-order valence-electron chi connectivity index (χ1n) is 3.06. The molecule has 0 unspecified atom stereocenters. The van der Waals surface area contributed by atoms with E-state index in [0.717, 1.165) is 16.9 Å². The van der Waals surface area contributed by atoms with Crippen molar-refractivity contribution in [2.75, 3.05) is 7.11 Å². The highest BCUT2D eigenvalue weighted by Crippen LogP contribution is 2.17. The molecule has 0 atom stereocenters. The van der Waals surface area contributed by atoms with Gasteiger partial charge in [-0.25, -0.2) is 0 Å². The number of hydrogen-bond acceptors (Lipinski definition) is 1. The van der Waals surface area contributed by atoms with Crippen molar-refractivity contribution in [3.05, 3.63) is 43.2 Å². The van der Waals surface area contributed by atoms with Gasteiger partial charge in [-0.3, -0.25) is 0 Å². The molecule has 2 radical (unpaired) electrons. The molecule has 0 amide bonds. The van der Waals surface area contributed by atoms with Gasteiger partial charge in [0.1, 0.15) is 5.75 Å². The van der Waals surface area contributed by atoms with Gasteiger partial charge in [0.25, 0.3) is 0 Å². The summed E-state index contributed by atoms with van der Waals surface area (Å²) in [5.74, 6) is 0.812. The quantitative estimate of drug-likeness (QED) is 0.571. The highest BCUT2D eigenvalue weighted by atomic mass is 16.5. The molecule has 52 valence electrons. The molecule has 0 fully saturated rings. The molecule has 1 aromatic rings. The lowest BCUT2D eigenvalue weighted by Gasteiger charge is -2.03. The molecule has 1 aromatic carbocycles. The summed E-state index contributed by atoms with van der Waals surface area (Å²) < 4.78 is 5.01. The van der Waals surface area contributed by atoms with Crippen LogP contribution in [-0.2, 0) is 0 Å². The second-order valence-electron chi connectivity index (χ2n) is 2.15. The molecule has 0 spiro atoms. The Labute approximate surface area is 61.6 Å². The van der Waals surface area contributed by atoms with Crippen LogP contribution < -0.4 is 4.74 Å². The largest absolute Gasteiger partial charge is 0.496 e. The van der Waals surface area contributed by atoms with E-state index in [2.05, 4.69) is 13.8 Å². The summed E-state index contributed by atoms with van der Waals surface area (Å²) in [6.45, 7) is 7.55. The van der Waals surface area contributed by atoms with Crippen LogP contribution >= 0.6 is 0 Å². The van der Waals surface area contributed by atoms with Crippen LogP contribution in [0.1, 0.15) is 11.1 Å². The predicted octanol–water partition coefficient (Wildman–Crippen LogP) is 2.06. The third-order valence-corrected chi connectivity index (χ3v) is 1.34. The Balaban J connectivity index is 3.07. The zero-order valence-electron chi connectivity index (χ0n) is 6.05. The first-order valence-corrected chi connectivity index (χ1v) is 3.06. The van der Waals surface area contributed by atoms with Crippen molar-refractivity contribution < 1.29 is 4.74 Å². The Kier molecular flexibility index (Phi) is 1.95. The average molecular weight is 134 g/mol. The molecule has 0 aromatic heterocycles. The molecule has 0 aliphatic heterocycles. The smallest absolute Gasteiger partial charge is 0.122 e. The van der Waals surface area contributed by atoms with E-state index < -0.39 is 0 Å². The highest BCUT2D eigenvalue weighted by Gasteiger charge is 1.94. The molecule has 0 heterocycles. The number of benzene rings is 1. The first kappa shape index (κ1) is 7.13. The standard InChI is InChI=1S/C9H10O/c1-7-4-5-9(10-3)8(2)6-7/h4-6H,1-2H2,3H3. The van der Waals surface area contributed by atoms with Gasteiger partial charge in [-0.2, -0.15) is 0 Å². The summed E-state index contributed by atoms with van der Waals surface area (Å²) in [6.07, 6.45) is 0. The number of hydrogen-bond donors (Lipinski definition) is 0. The van der Waals surface area contributed by atoms with E-state index in [4.69, 9.17) is 4.74 Å². The van der Waals surface area contributed by atoms with Gasteiger partial charge in [0.2, 0.25) is 0 Å². The topological polar surface area (TPSA) is 9.23 Å². The van der Waals surface area contributed by atoms with Gasteiger partial charge in [-0.15, -0.1) is 0 Å². The Hall–Kier alpha value is -0.980. The molecule has 0 aliphatic carbocycles. The maximum Gasteiger partial charge on any atom is 0.122 e. The van der Waals surface area contributed by atoms with Crippen LogP contribution in [0.2, 0.25) is 0 Å². The molecular formula is C9H10O. The van der Waals surface area contributed by atoms with E-state index >= 15 is 0 Å². The fraction of sp³-hybridized carbons (Fsp3) is 0.111. The third kappa shape index (κ3) is 1.29. The van der Waals surface area contributed by atoms with Crippen LogP contribution in [0.15, 0.2) is 18.2 Å². The molecule has 1 rings (SSSR count). The lowest BCUT2D eigenvalue weighted by Crippen LogP contribution is -1.86. The summed E-state index contributed by atoms with van der Waals surface area (Å²) in [5, 5.41) is 0. The van der Waals surface area contributed by atoms with E-state index in [1.807, 2.05) is 18.2 Å². The van der Waals surface area contributed by atoms with E-state index in [1.165, 1.54) is 0 Å². The minimum atomic E-state index is 0.812. The van der Waals surface area contributed by atoms with Crippen molar-refractivity contribution >= 4 is 0 Å². The average Bonchev–Trinajstić information content (AvgIpc) is 1.88. The summed E-state index contributed by atoms with van der Waals surface area (Å²) in [6, 6.07) is 5.65. The predicted molar refractivity (Wildman–Crippen MR) is 41.9 cm³/mol. The van der Waals surface area contributed by atoms with E-state index in [-0.39, 0.29) is 0 Å². The van der Waals surface area contributed by atoms with Crippen molar-refractivity contribution in [2.45, 2.75) is 0 Å². The normalized spacial score (nSPS) is 9.50. The van der Waals surface area contributed by atoms with Crippen LogP contribution in [-0.4, -0.2) is 7.11 Å². The second kappa shape index (κ2) is 2.74. The van der Waals surface area contributed by atoms with Gasteiger partial charge in [0.15, 0.2) is 0 Å². The number of methoxy groups -OCH3 is 1. The van der Waals surface area contributed by atoms with Crippen molar-refractivity contribution in [2.24, 2.45) is 0 Å². The van der Waals surface area contributed by atoms with Crippen LogP contribution in [0.25, 0.3) is 0 Å². The monoisotopic (exact) mass is 134 g/mol. The lowest BCUT2D eigenvalue weighted by molar-refractivity contribution is 0.413. The SMILES string of the molecule is [CH2]c1ccc(OC)c([CH2])c1. The molecule has 10 heavy (non-hydrogen) atoms. The maximum atomic E-state index is 5.01. The fourth-order valence-corrected chi connectivity index (χ4v) is 0.832. The van der Waals surface area contributed by atoms with Gasteiger partial charge in [-0.05, 0) is 31.0 Å². The van der Waals surface area contributed by atoms with E-state index in [1.54, 1.807) is 7.11 Å². The fourth-order valence-electron chi connectivity index (χ4n) is 0.832. The molecule has 0 N–H and O–H groups in total. The summed E-state index contributed by atoms with van der Waals surface area (Å²) in [7, 11) is 1.63. The molecule has 0 saturated carbocycles. The minimum absolute atomic E-state index is 0.812. The van der Waals surface area contributed by atoms with Crippen LogP contribution in [0.4, 0.5) is 0 Å². The van der Waals surface area contributed by atoms with Crippen molar-refractivity contribution in [3.8, 4) is 5.75 Å². The van der Waals surface area contributed by atoms with Gasteiger partial charge in [-0.1, -0.05) is 12.1 Å². The van der Waals surface area contributed by atoms with Gasteiger partial charge >= 0.3 is 0 Å². The number of rotatable bonds is 1. The van der Waals surface area contributed by atoms with Gasteiger partial charge < -0.3 is 4.74 Å². The van der Waals surface area contributed by atoms with Gasteiger partial charge in [0, 0.05) is 0 Å². The molecular weight excluding hydrogens is 124 g/mol. The molecule has 0 bridgehead atoms. The molecule has 0 aliphatic rings.